The number of carbonyl (C=O) groups is 3. The predicted molar refractivity (Wildman–Crippen MR) is 136 cm³/mol. The molecule has 0 aliphatic carbocycles. The van der Waals surface area contributed by atoms with Crippen LogP contribution in [0.3, 0.4) is 0 Å². The number of ether oxygens (including phenoxy) is 1. The Hall–Kier alpha value is -4.16. The van der Waals surface area contributed by atoms with E-state index >= 15 is 0 Å². The molecule has 0 bridgehead atoms. The van der Waals surface area contributed by atoms with Gasteiger partial charge in [-0.25, -0.2) is 0 Å². The zero-order chi connectivity index (χ0) is 26.2. The third-order valence-corrected chi connectivity index (χ3v) is 6.02. The number of carbonyl (C=O) groups excluding carboxylic acids is 2. The normalized spacial score (nSPS) is 11.6. The number of hydrogen-bond acceptors (Lipinski definition) is 5. The van der Waals surface area contributed by atoms with Crippen LogP contribution >= 0.6 is 0 Å². The number of carboxylic acid groups (broad SMARTS) is 1. The van der Waals surface area contributed by atoms with Crippen molar-refractivity contribution in [2.75, 3.05) is 25.6 Å². The molecule has 0 aliphatic rings. The van der Waals surface area contributed by atoms with Crippen LogP contribution < -0.4 is 10.6 Å². The van der Waals surface area contributed by atoms with Gasteiger partial charge in [0.25, 0.3) is 5.91 Å². The molecule has 1 atom stereocenters. The largest absolute Gasteiger partial charge is 0.481 e. The van der Waals surface area contributed by atoms with Crippen molar-refractivity contribution in [3.8, 4) is 6.07 Å². The minimum atomic E-state index is -0.885. The molecule has 0 saturated carbocycles. The summed E-state index contributed by atoms with van der Waals surface area (Å²) in [6, 6.07) is 11.8. The van der Waals surface area contributed by atoms with Gasteiger partial charge < -0.3 is 25.0 Å². The van der Waals surface area contributed by atoms with Crippen LogP contribution in [-0.2, 0) is 20.7 Å². The van der Waals surface area contributed by atoms with E-state index in [0.29, 0.717) is 42.8 Å². The van der Waals surface area contributed by atoms with Crippen LogP contribution in [0.1, 0.15) is 52.9 Å². The Morgan fingerprint density at radius 1 is 1.19 bits per heavy atom. The Morgan fingerprint density at radius 2 is 1.97 bits per heavy atom. The summed E-state index contributed by atoms with van der Waals surface area (Å²) in [5.74, 6) is -1.41. The molecule has 0 fully saturated rings. The first-order valence-corrected chi connectivity index (χ1v) is 11.7. The number of amides is 2. The van der Waals surface area contributed by atoms with Gasteiger partial charge >= 0.3 is 5.97 Å². The van der Waals surface area contributed by atoms with Gasteiger partial charge in [0.2, 0.25) is 5.91 Å². The fraction of sp³-hybridized carbons (Fsp3) is 0.333. The molecule has 3 N–H and O–H groups in total. The van der Waals surface area contributed by atoms with E-state index in [1.165, 1.54) is 0 Å². The molecule has 188 valence electrons. The number of nitrogens with zero attached hydrogens (tertiary/aromatic N) is 2. The van der Waals surface area contributed by atoms with Gasteiger partial charge in [-0.3, -0.25) is 14.4 Å². The number of aryl methyl sites for hydroxylation is 2. The average molecular weight is 491 g/mol. The number of rotatable bonds is 11. The molecular formula is C27H30N4O5. The summed E-state index contributed by atoms with van der Waals surface area (Å²) in [5.41, 5.74) is 3.85. The molecule has 1 heterocycles. The quantitative estimate of drug-likeness (QED) is 0.350. The summed E-state index contributed by atoms with van der Waals surface area (Å²) in [5, 5.41) is 24.9. The lowest BCUT2D eigenvalue weighted by Crippen LogP contribution is -2.27. The van der Waals surface area contributed by atoms with Crippen molar-refractivity contribution in [3.05, 3.63) is 64.8 Å². The van der Waals surface area contributed by atoms with Crippen molar-refractivity contribution >= 4 is 34.4 Å². The highest BCUT2D eigenvalue weighted by molar-refractivity contribution is 6.00. The number of methoxy groups -OCH3 is 1. The Labute approximate surface area is 209 Å². The lowest BCUT2D eigenvalue weighted by atomic mass is 10.0. The lowest BCUT2D eigenvalue weighted by molar-refractivity contribution is -0.137. The number of nitriles is 1. The highest BCUT2D eigenvalue weighted by atomic mass is 16.5. The topological polar surface area (TPSA) is 133 Å². The number of hydrogen-bond donors (Lipinski definition) is 3. The van der Waals surface area contributed by atoms with Crippen molar-refractivity contribution < 1.29 is 24.2 Å². The van der Waals surface area contributed by atoms with Crippen molar-refractivity contribution in [2.24, 2.45) is 0 Å². The summed E-state index contributed by atoms with van der Waals surface area (Å²) in [7, 11) is 1.57. The molecule has 0 saturated heterocycles. The molecule has 1 unspecified atom stereocenters. The van der Waals surface area contributed by atoms with E-state index in [0.717, 1.165) is 22.0 Å². The minimum Gasteiger partial charge on any atom is -0.481 e. The first kappa shape index (κ1) is 26.4. The maximum atomic E-state index is 13.3. The molecule has 9 heteroatoms. The first-order valence-electron chi connectivity index (χ1n) is 11.7. The molecular weight excluding hydrogens is 460 g/mol. The molecule has 9 nitrogen and oxygen atoms in total. The molecule has 0 aliphatic heterocycles. The summed E-state index contributed by atoms with van der Waals surface area (Å²) in [6.45, 7) is 4.51. The van der Waals surface area contributed by atoms with E-state index < -0.39 is 12.0 Å². The second kappa shape index (κ2) is 12.0. The van der Waals surface area contributed by atoms with Gasteiger partial charge in [-0.1, -0.05) is 12.1 Å². The van der Waals surface area contributed by atoms with Crippen molar-refractivity contribution in [1.29, 1.82) is 5.26 Å². The fourth-order valence-electron chi connectivity index (χ4n) is 4.03. The zero-order valence-corrected chi connectivity index (χ0v) is 20.6. The predicted octanol–water partition coefficient (Wildman–Crippen LogP) is 3.80. The highest BCUT2D eigenvalue weighted by Gasteiger charge is 2.20. The smallest absolute Gasteiger partial charge is 0.303 e. The first-order chi connectivity index (χ1) is 17.2. The van der Waals surface area contributed by atoms with Crippen LogP contribution in [0, 0.1) is 18.3 Å². The van der Waals surface area contributed by atoms with E-state index in [4.69, 9.17) is 9.84 Å². The van der Waals surface area contributed by atoms with Gasteiger partial charge in [-0.15, -0.1) is 0 Å². The summed E-state index contributed by atoms with van der Waals surface area (Å²) >= 11 is 0. The molecule has 1 aromatic heterocycles. The fourth-order valence-corrected chi connectivity index (χ4v) is 4.03. The summed E-state index contributed by atoms with van der Waals surface area (Å²) in [4.78, 5) is 36.7. The molecule has 3 rings (SSSR count). The van der Waals surface area contributed by atoms with E-state index in [-0.39, 0.29) is 18.2 Å². The average Bonchev–Trinajstić information content (AvgIpc) is 3.19. The SMILES string of the molecule is COCCNC(=O)c1ccc2c(C)cn(C(C)C(=O)Nc3cc(C#N)ccc3CCCC(=O)O)c2c1. The number of aliphatic carboxylic acids is 1. The van der Waals surface area contributed by atoms with Crippen LogP contribution in [0.4, 0.5) is 5.69 Å². The molecule has 2 amide bonds. The van der Waals surface area contributed by atoms with Gasteiger partial charge in [-0.2, -0.15) is 5.26 Å². The standard InChI is InChI=1S/C27H30N4O5/c1-17-16-31(24-14-21(9-10-22(17)24)27(35)29-11-12-36-3)18(2)26(34)30-23-13-19(15-28)7-8-20(23)5-4-6-25(32)33/h7-10,13-14,16,18H,4-6,11-12H2,1-3H3,(H,29,35)(H,30,34)(H,32,33). The third kappa shape index (κ3) is 6.29. The zero-order valence-electron chi connectivity index (χ0n) is 20.6. The number of benzene rings is 2. The van der Waals surface area contributed by atoms with Gasteiger partial charge in [0.15, 0.2) is 0 Å². The Morgan fingerprint density at radius 3 is 2.67 bits per heavy atom. The second-order valence-electron chi connectivity index (χ2n) is 8.60. The number of nitrogens with one attached hydrogen (secondary N) is 2. The van der Waals surface area contributed by atoms with E-state index in [2.05, 4.69) is 16.7 Å². The van der Waals surface area contributed by atoms with Crippen LogP contribution in [0.15, 0.2) is 42.6 Å². The maximum Gasteiger partial charge on any atom is 0.303 e. The lowest BCUT2D eigenvalue weighted by Gasteiger charge is -2.18. The van der Waals surface area contributed by atoms with E-state index in [1.54, 1.807) is 44.4 Å². The van der Waals surface area contributed by atoms with Crippen LogP contribution in [0.25, 0.3) is 10.9 Å². The number of anilines is 1. The monoisotopic (exact) mass is 490 g/mol. The summed E-state index contributed by atoms with van der Waals surface area (Å²) < 4.78 is 6.80. The maximum absolute atomic E-state index is 13.3. The van der Waals surface area contributed by atoms with E-state index in [1.807, 2.05) is 23.8 Å². The van der Waals surface area contributed by atoms with Crippen LogP contribution in [0.5, 0.6) is 0 Å². The van der Waals surface area contributed by atoms with Crippen LogP contribution in [0.2, 0.25) is 0 Å². The summed E-state index contributed by atoms with van der Waals surface area (Å²) in [6.07, 6.45) is 2.76. The number of carboxylic acids is 1. The molecule has 0 spiro atoms. The van der Waals surface area contributed by atoms with Crippen molar-refractivity contribution in [2.45, 2.75) is 39.2 Å². The van der Waals surface area contributed by atoms with Crippen molar-refractivity contribution in [1.82, 2.24) is 9.88 Å². The molecule has 0 radical (unpaired) electrons. The number of fused-ring (bicyclic) bond motifs is 1. The Kier molecular flexibility index (Phi) is 8.81. The minimum absolute atomic E-state index is 0.0137. The van der Waals surface area contributed by atoms with Crippen molar-refractivity contribution in [3.63, 3.8) is 0 Å². The number of aromatic nitrogens is 1. The third-order valence-electron chi connectivity index (χ3n) is 6.02. The Balaban J connectivity index is 1.86. The Bertz CT molecular complexity index is 1320. The molecule has 2 aromatic carbocycles. The van der Waals surface area contributed by atoms with E-state index in [9.17, 15) is 19.6 Å². The highest BCUT2D eigenvalue weighted by Crippen LogP contribution is 2.27. The van der Waals surface area contributed by atoms with Gasteiger partial charge in [-0.05, 0) is 62.1 Å². The van der Waals surface area contributed by atoms with Gasteiger partial charge in [0.05, 0.1) is 18.2 Å². The second-order valence-corrected chi connectivity index (χ2v) is 8.60. The van der Waals surface area contributed by atoms with Gasteiger partial charge in [0.1, 0.15) is 6.04 Å². The van der Waals surface area contributed by atoms with Crippen LogP contribution in [-0.4, -0.2) is 47.7 Å². The van der Waals surface area contributed by atoms with Gasteiger partial charge in [0, 0.05) is 48.4 Å². The molecule has 3 aromatic rings. The molecule has 36 heavy (non-hydrogen) atoms.